The Balaban J connectivity index is 1.75. The molecule has 2 N–H and O–H groups in total. The van der Waals surface area contributed by atoms with Gasteiger partial charge in [0.05, 0.1) is 10.5 Å². The lowest BCUT2D eigenvalue weighted by atomic mass is 9.80. The second-order valence-corrected chi connectivity index (χ2v) is 8.50. The quantitative estimate of drug-likeness (QED) is 0.895. The number of benzene rings is 2. The van der Waals surface area contributed by atoms with Crippen LogP contribution in [0.1, 0.15) is 28.7 Å². The van der Waals surface area contributed by atoms with Crippen molar-refractivity contribution in [2.24, 2.45) is 0 Å². The van der Waals surface area contributed by atoms with Crippen LogP contribution in [0, 0.1) is 13.8 Å². The Hall–Kier alpha value is -1.69. The van der Waals surface area contributed by atoms with Crippen LogP contribution in [0.25, 0.3) is 0 Å². The Morgan fingerprint density at radius 2 is 1.83 bits per heavy atom. The lowest BCUT2D eigenvalue weighted by molar-refractivity contribution is 0.0317. The molecule has 2 aromatic rings. The van der Waals surface area contributed by atoms with Gasteiger partial charge in [0, 0.05) is 13.0 Å². The minimum absolute atomic E-state index is 0.0248. The molecule has 0 spiro atoms. The minimum Gasteiger partial charge on any atom is -0.388 e. The molecule has 5 heteroatoms. The molecule has 1 aliphatic carbocycles. The van der Waals surface area contributed by atoms with Crippen molar-refractivity contribution < 1.29 is 13.5 Å². The van der Waals surface area contributed by atoms with Gasteiger partial charge in [-0.15, -0.1) is 0 Å². The Morgan fingerprint density at radius 3 is 2.54 bits per heavy atom. The van der Waals surface area contributed by atoms with Crippen molar-refractivity contribution in [3.05, 3.63) is 64.7 Å². The molecule has 0 aromatic heterocycles. The summed E-state index contributed by atoms with van der Waals surface area (Å²) in [6.45, 7) is 3.74. The zero-order valence-electron chi connectivity index (χ0n) is 14.0. The number of nitrogens with one attached hydrogen (secondary N) is 1. The average molecular weight is 345 g/mol. The molecule has 0 aliphatic heterocycles. The molecule has 1 aliphatic rings. The molecule has 128 valence electrons. The molecule has 4 nitrogen and oxygen atoms in total. The van der Waals surface area contributed by atoms with Gasteiger partial charge in [0.15, 0.2) is 0 Å². The first-order valence-corrected chi connectivity index (χ1v) is 9.64. The third-order valence-corrected chi connectivity index (χ3v) is 6.27. The second kappa shape index (κ2) is 6.31. The van der Waals surface area contributed by atoms with Crippen molar-refractivity contribution in [1.82, 2.24) is 4.72 Å². The topological polar surface area (TPSA) is 66.4 Å². The molecule has 1 atom stereocenters. The summed E-state index contributed by atoms with van der Waals surface area (Å²) >= 11 is 0. The van der Waals surface area contributed by atoms with Crippen LogP contribution in [0.5, 0.6) is 0 Å². The number of hydrogen-bond donors (Lipinski definition) is 2. The Kier molecular flexibility index (Phi) is 4.51. The van der Waals surface area contributed by atoms with Gasteiger partial charge in [0.2, 0.25) is 10.0 Å². The van der Waals surface area contributed by atoms with Crippen LogP contribution in [0.2, 0.25) is 0 Å². The molecule has 3 rings (SSSR count). The first-order valence-electron chi connectivity index (χ1n) is 8.15. The molecule has 24 heavy (non-hydrogen) atoms. The number of fused-ring (bicyclic) bond motifs is 1. The van der Waals surface area contributed by atoms with Crippen molar-refractivity contribution in [2.45, 2.75) is 43.6 Å². The number of aliphatic hydroxyl groups is 1. The summed E-state index contributed by atoms with van der Waals surface area (Å²) in [5, 5.41) is 10.8. The zero-order valence-corrected chi connectivity index (χ0v) is 14.9. The first kappa shape index (κ1) is 17.1. The Morgan fingerprint density at radius 1 is 1.12 bits per heavy atom. The van der Waals surface area contributed by atoms with Gasteiger partial charge in [-0.25, -0.2) is 13.1 Å². The fraction of sp³-hybridized carbons (Fsp3) is 0.368. The first-order chi connectivity index (χ1) is 11.3. The Bertz CT molecular complexity index is 861. The van der Waals surface area contributed by atoms with Crippen LogP contribution >= 0.6 is 0 Å². The lowest BCUT2D eigenvalue weighted by Gasteiger charge is -2.33. The maximum absolute atomic E-state index is 12.6. The third-order valence-electron chi connectivity index (χ3n) is 4.71. The monoisotopic (exact) mass is 345 g/mol. The van der Waals surface area contributed by atoms with E-state index in [0.717, 1.165) is 17.5 Å². The van der Waals surface area contributed by atoms with Crippen LogP contribution in [0.15, 0.2) is 47.4 Å². The van der Waals surface area contributed by atoms with E-state index in [-0.39, 0.29) is 11.4 Å². The molecule has 0 unspecified atom stereocenters. The second-order valence-electron chi connectivity index (χ2n) is 6.76. The molecule has 0 bridgehead atoms. The van der Waals surface area contributed by atoms with Crippen LogP contribution in [0.3, 0.4) is 0 Å². The zero-order chi connectivity index (χ0) is 17.4. The number of sulfonamides is 1. The van der Waals surface area contributed by atoms with E-state index in [1.54, 1.807) is 19.1 Å². The number of hydrogen-bond acceptors (Lipinski definition) is 3. The van der Waals surface area contributed by atoms with Crippen LogP contribution in [-0.2, 0) is 22.9 Å². The van der Waals surface area contributed by atoms with Gasteiger partial charge in [-0.05, 0) is 49.4 Å². The van der Waals surface area contributed by atoms with Gasteiger partial charge in [-0.1, -0.05) is 42.0 Å². The van der Waals surface area contributed by atoms with Crippen LogP contribution in [0.4, 0.5) is 0 Å². The highest BCUT2D eigenvalue weighted by molar-refractivity contribution is 7.89. The summed E-state index contributed by atoms with van der Waals surface area (Å²) in [6, 6.07) is 13.3. The largest absolute Gasteiger partial charge is 0.388 e. The van der Waals surface area contributed by atoms with Gasteiger partial charge in [0.25, 0.3) is 0 Å². The highest BCUT2D eigenvalue weighted by Gasteiger charge is 2.33. The maximum Gasteiger partial charge on any atom is 0.240 e. The van der Waals surface area contributed by atoms with E-state index < -0.39 is 15.6 Å². The maximum atomic E-state index is 12.6. The fourth-order valence-electron chi connectivity index (χ4n) is 3.34. The normalized spacial score (nSPS) is 20.6. The van der Waals surface area contributed by atoms with E-state index in [1.807, 2.05) is 31.2 Å². The van der Waals surface area contributed by atoms with E-state index >= 15 is 0 Å². The highest BCUT2D eigenvalue weighted by atomic mass is 32.2. The van der Waals surface area contributed by atoms with E-state index in [9.17, 15) is 13.5 Å². The predicted molar refractivity (Wildman–Crippen MR) is 94.5 cm³/mol. The van der Waals surface area contributed by atoms with Gasteiger partial charge in [0.1, 0.15) is 0 Å². The van der Waals surface area contributed by atoms with Gasteiger partial charge in [-0.2, -0.15) is 0 Å². The van der Waals surface area contributed by atoms with Crippen molar-refractivity contribution in [1.29, 1.82) is 0 Å². The molecule has 0 amide bonds. The number of aryl methyl sites for hydroxylation is 3. The third kappa shape index (κ3) is 3.53. The lowest BCUT2D eigenvalue weighted by Crippen LogP contribution is -2.46. The van der Waals surface area contributed by atoms with Gasteiger partial charge >= 0.3 is 0 Å². The van der Waals surface area contributed by atoms with E-state index in [4.69, 9.17) is 0 Å². The minimum atomic E-state index is -3.63. The number of rotatable bonds is 4. The highest BCUT2D eigenvalue weighted by Crippen LogP contribution is 2.28. The summed E-state index contributed by atoms with van der Waals surface area (Å²) in [6.07, 6.45) is 1.79. The van der Waals surface area contributed by atoms with Crippen LogP contribution in [-0.4, -0.2) is 25.7 Å². The van der Waals surface area contributed by atoms with Gasteiger partial charge in [-0.3, -0.25) is 0 Å². The molecule has 0 saturated carbocycles. The SMILES string of the molecule is Cc1ccc(S(=O)(=O)NC[C@@]2(O)CCc3ccccc3C2)c(C)c1. The van der Waals surface area contributed by atoms with Crippen molar-refractivity contribution in [3.63, 3.8) is 0 Å². The van der Waals surface area contributed by atoms with Crippen molar-refractivity contribution >= 4 is 10.0 Å². The molecule has 2 aromatic carbocycles. The smallest absolute Gasteiger partial charge is 0.240 e. The predicted octanol–water partition coefficient (Wildman–Crippen LogP) is 2.50. The van der Waals surface area contributed by atoms with E-state index in [1.165, 1.54) is 5.56 Å². The molecule has 0 fully saturated rings. The van der Waals surface area contributed by atoms with E-state index in [0.29, 0.717) is 18.4 Å². The summed E-state index contributed by atoms with van der Waals surface area (Å²) in [5.74, 6) is 0. The van der Waals surface area contributed by atoms with Crippen molar-refractivity contribution in [2.75, 3.05) is 6.54 Å². The van der Waals surface area contributed by atoms with Gasteiger partial charge < -0.3 is 5.11 Å². The molecular weight excluding hydrogens is 322 g/mol. The standard InChI is InChI=1S/C19H23NO3S/c1-14-7-8-18(15(2)11-14)24(22,23)20-13-19(21)10-9-16-5-3-4-6-17(16)12-19/h3-8,11,20-21H,9-10,12-13H2,1-2H3/t19-/m1/s1. The summed E-state index contributed by atoms with van der Waals surface area (Å²) < 4.78 is 27.7. The van der Waals surface area contributed by atoms with Crippen LogP contribution < -0.4 is 4.72 Å². The summed E-state index contributed by atoms with van der Waals surface area (Å²) in [4.78, 5) is 0.271. The summed E-state index contributed by atoms with van der Waals surface area (Å²) in [5.41, 5.74) is 3.02. The molecule has 0 radical (unpaired) electrons. The molecule has 0 saturated heterocycles. The Labute approximate surface area is 143 Å². The van der Waals surface area contributed by atoms with Crippen molar-refractivity contribution in [3.8, 4) is 0 Å². The van der Waals surface area contributed by atoms with E-state index in [2.05, 4.69) is 10.8 Å². The molecule has 0 heterocycles. The molecular formula is C19H23NO3S. The average Bonchev–Trinajstić information content (AvgIpc) is 2.53. The fourth-order valence-corrected chi connectivity index (χ4v) is 4.69. The summed E-state index contributed by atoms with van der Waals surface area (Å²) in [7, 11) is -3.63.